The van der Waals surface area contributed by atoms with Crippen LogP contribution in [0.4, 0.5) is 0 Å². The van der Waals surface area contributed by atoms with Gasteiger partial charge in [-0.2, -0.15) is 9.98 Å². The van der Waals surface area contributed by atoms with Gasteiger partial charge in [0.15, 0.2) is 6.17 Å². The third-order valence-corrected chi connectivity index (χ3v) is 4.18. The minimum Gasteiger partial charge on any atom is -0.211 e. The molecule has 2 rings (SSSR count). The zero-order valence-corrected chi connectivity index (χ0v) is 13.6. The Hall–Kier alpha value is -2.80. The molecule has 2 aromatic rings. The van der Waals surface area contributed by atoms with E-state index in [0.29, 0.717) is 12.3 Å². The van der Waals surface area contributed by atoms with E-state index in [9.17, 15) is 9.59 Å². The predicted molar refractivity (Wildman–Crippen MR) is 93.3 cm³/mol. The maximum Gasteiger partial charge on any atom is 0.237 e. The van der Waals surface area contributed by atoms with Crippen molar-refractivity contribution >= 4 is 12.2 Å². The van der Waals surface area contributed by atoms with Crippen molar-refractivity contribution in [1.82, 2.24) is 0 Å². The van der Waals surface area contributed by atoms with Gasteiger partial charge < -0.3 is 0 Å². The first kappa shape index (κ1) is 17.6. The fraction of sp³-hybridized carbons (Fsp3) is 0.300. The third kappa shape index (κ3) is 5.13. The first-order chi connectivity index (χ1) is 11.7. The van der Waals surface area contributed by atoms with Gasteiger partial charge in [-0.15, -0.1) is 0 Å². The molecule has 4 heteroatoms. The highest BCUT2D eigenvalue weighted by molar-refractivity contribution is 5.37. The van der Waals surface area contributed by atoms with Crippen LogP contribution in [0, 0.1) is 0 Å². The van der Waals surface area contributed by atoms with E-state index in [1.165, 1.54) is 17.7 Å². The third-order valence-electron chi connectivity index (χ3n) is 4.18. The molecule has 0 aromatic heterocycles. The maximum atomic E-state index is 10.6. The number of nitrogens with zero attached hydrogens (tertiary/aromatic N) is 2. The van der Waals surface area contributed by atoms with Gasteiger partial charge in [0.2, 0.25) is 12.2 Å². The number of benzene rings is 2. The summed E-state index contributed by atoms with van der Waals surface area (Å²) in [6, 6.07) is 20.3. The van der Waals surface area contributed by atoms with Crippen LogP contribution in [-0.4, -0.2) is 18.3 Å². The molecule has 0 bridgehead atoms. The summed E-state index contributed by atoms with van der Waals surface area (Å²) < 4.78 is 0. The molecule has 2 aromatic carbocycles. The molecule has 0 N–H and O–H groups in total. The van der Waals surface area contributed by atoms with Crippen molar-refractivity contribution in [2.24, 2.45) is 9.98 Å². The van der Waals surface area contributed by atoms with Crippen molar-refractivity contribution in [2.75, 3.05) is 0 Å². The molecule has 24 heavy (non-hydrogen) atoms. The van der Waals surface area contributed by atoms with Crippen LogP contribution in [0.2, 0.25) is 0 Å². The quantitative estimate of drug-likeness (QED) is 0.536. The number of hydrogen-bond acceptors (Lipinski definition) is 4. The number of carbonyl (C=O) groups excluding carboxylic acids is 2. The van der Waals surface area contributed by atoms with Gasteiger partial charge in [-0.25, -0.2) is 9.59 Å². The van der Waals surface area contributed by atoms with E-state index in [0.717, 1.165) is 12.0 Å². The zero-order chi connectivity index (χ0) is 17.2. The maximum absolute atomic E-state index is 10.6. The van der Waals surface area contributed by atoms with Crippen LogP contribution >= 0.6 is 0 Å². The molecule has 0 heterocycles. The van der Waals surface area contributed by atoms with Crippen LogP contribution in [0.3, 0.4) is 0 Å². The Morgan fingerprint density at radius 3 is 1.79 bits per heavy atom. The highest BCUT2D eigenvalue weighted by atomic mass is 16.1. The van der Waals surface area contributed by atoms with Gasteiger partial charge in [-0.3, -0.25) is 0 Å². The molecule has 0 saturated heterocycles. The van der Waals surface area contributed by atoms with Crippen molar-refractivity contribution in [3.05, 3.63) is 71.8 Å². The molecule has 0 aliphatic carbocycles. The normalized spacial score (nSPS) is 13.9. The topological polar surface area (TPSA) is 58.9 Å². The second-order valence-corrected chi connectivity index (χ2v) is 5.81. The number of rotatable bonds is 8. The molecule has 0 aliphatic rings. The number of isocyanates is 2. The van der Waals surface area contributed by atoms with Gasteiger partial charge in [0, 0.05) is 0 Å². The van der Waals surface area contributed by atoms with Crippen LogP contribution in [0.15, 0.2) is 70.6 Å². The van der Waals surface area contributed by atoms with E-state index in [2.05, 4.69) is 41.2 Å². The first-order valence-electron chi connectivity index (χ1n) is 7.98. The average molecular weight is 320 g/mol. The van der Waals surface area contributed by atoms with Crippen molar-refractivity contribution in [3.63, 3.8) is 0 Å². The van der Waals surface area contributed by atoms with Gasteiger partial charge >= 0.3 is 0 Å². The SMILES string of the molecule is CC(CC(CC(N=C=O)N=C=O)c1ccccc1)c1ccccc1. The lowest BCUT2D eigenvalue weighted by Gasteiger charge is -2.22. The van der Waals surface area contributed by atoms with Crippen molar-refractivity contribution in [3.8, 4) is 0 Å². The van der Waals surface area contributed by atoms with Crippen molar-refractivity contribution in [2.45, 2.75) is 37.8 Å². The fourth-order valence-corrected chi connectivity index (χ4v) is 2.95. The Kier molecular flexibility index (Phi) is 6.85. The first-order valence-corrected chi connectivity index (χ1v) is 7.98. The summed E-state index contributed by atoms with van der Waals surface area (Å²) in [5.41, 5.74) is 2.40. The predicted octanol–water partition coefficient (Wildman–Crippen LogP) is 4.35. The summed E-state index contributed by atoms with van der Waals surface area (Å²) in [7, 11) is 0. The molecule has 0 spiro atoms. The molecule has 0 saturated carbocycles. The Balaban J connectivity index is 2.23. The molecule has 2 atom stereocenters. The molecular formula is C20H20N2O2. The van der Waals surface area contributed by atoms with Gasteiger partial charge in [-0.05, 0) is 35.8 Å². The number of hydrogen-bond donors (Lipinski definition) is 0. The molecule has 2 unspecified atom stereocenters. The number of aliphatic imine (C=N–C) groups is 2. The lowest BCUT2D eigenvalue weighted by Crippen LogP contribution is -2.12. The smallest absolute Gasteiger partial charge is 0.211 e. The molecule has 4 nitrogen and oxygen atoms in total. The fourth-order valence-electron chi connectivity index (χ4n) is 2.95. The summed E-state index contributed by atoms with van der Waals surface area (Å²) >= 11 is 0. The highest BCUT2D eigenvalue weighted by Crippen LogP contribution is 2.33. The van der Waals surface area contributed by atoms with Crippen LogP contribution in [0.1, 0.15) is 42.7 Å². The molecule has 0 fully saturated rings. The minimum atomic E-state index is -0.729. The summed E-state index contributed by atoms with van der Waals surface area (Å²) in [5.74, 6) is 0.457. The standard InChI is InChI=1S/C20H20N2O2/c1-16(17-8-4-2-5-9-17)12-19(18-10-6-3-7-11-18)13-20(21-14-23)22-15-24/h2-11,16,19-20H,12-13H2,1H3. The van der Waals surface area contributed by atoms with Crippen LogP contribution in [0.5, 0.6) is 0 Å². The Morgan fingerprint density at radius 2 is 1.29 bits per heavy atom. The Labute approximate surface area is 142 Å². The monoisotopic (exact) mass is 320 g/mol. The lowest BCUT2D eigenvalue weighted by molar-refractivity contribution is 0.473. The van der Waals surface area contributed by atoms with Crippen LogP contribution in [0.25, 0.3) is 0 Å². The zero-order valence-electron chi connectivity index (χ0n) is 13.6. The summed E-state index contributed by atoms with van der Waals surface area (Å²) in [6.07, 6.45) is 3.61. The average Bonchev–Trinajstić information content (AvgIpc) is 2.63. The van der Waals surface area contributed by atoms with Crippen molar-refractivity contribution < 1.29 is 9.59 Å². The second kappa shape index (κ2) is 9.36. The van der Waals surface area contributed by atoms with E-state index in [-0.39, 0.29) is 5.92 Å². The Bertz CT molecular complexity index is 700. The van der Waals surface area contributed by atoms with Gasteiger partial charge in [0.1, 0.15) is 0 Å². The minimum absolute atomic E-state index is 0.126. The summed E-state index contributed by atoms with van der Waals surface area (Å²) in [5, 5.41) is 0. The molecule has 0 aliphatic heterocycles. The summed E-state index contributed by atoms with van der Waals surface area (Å²) in [4.78, 5) is 28.4. The highest BCUT2D eigenvalue weighted by Gasteiger charge is 2.20. The Morgan fingerprint density at radius 1 is 0.792 bits per heavy atom. The van der Waals surface area contributed by atoms with Gasteiger partial charge in [-0.1, -0.05) is 67.6 Å². The van der Waals surface area contributed by atoms with Crippen LogP contribution < -0.4 is 0 Å². The van der Waals surface area contributed by atoms with Gasteiger partial charge in [0.05, 0.1) is 0 Å². The lowest BCUT2D eigenvalue weighted by atomic mass is 9.83. The van der Waals surface area contributed by atoms with E-state index < -0.39 is 6.17 Å². The second-order valence-electron chi connectivity index (χ2n) is 5.81. The molecule has 0 radical (unpaired) electrons. The van der Waals surface area contributed by atoms with Gasteiger partial charge in [0.25, 0.3) is 0 Å². The largest absolute Gasteiger partial charge is 0.237 e. The van der Waals surface area contributed by atoms with E-state index in [4.69, 9.17) is 0 Å². The molecule has 122 valence electrons. The molecule has 0 amide bonds. The van der Waals surface area contributed by atoms with Crippen LogP contribution in [-0.2, 0) is 9.59 Å². The summed E-state index contributed by atoms with van der Waals surface area (Å²) in [6.45, 7) is 2.17. The van der Waals surface area contributed by atoms with E-state index >= 15 is 0 Å². The van der Waals surface area contributed by atoms with E-state index in [1.807, 2.05) is 36.4 Å². The molecular weight excluding hydrogens is 300 g/mol. The van der Waals surface area contributed by atoms with Crippen molar-refractivity contribution in [1.29, 1.82) is 0 Å². The van der Waals surface area contributed by atoms with E-state index in [1.54, 1.807) is 0 Å².